The van der Waals surface area contributed by atoms with E-state index in [1.165, 1.54) is 32.3 Å². The number of hydrogen-bond donors (Lipinski definition) is 1. The summed E-state index contributed by atoms with van der Waals surface area (Å²) in [5, 5.41) is 2.59. The van der Waals surface area contributed by atoms with Gasteiger partial charge in [-0.3, -0.25) is 24.2 Å². The molecule has 1 aromatic rings. The van der Waals surface area contributed by atoms with Crippen LogP contribution in [0.5, 0.6) is 0 Å². The molecule has 1 aliphatic heterocycles. The van der Waals surface area contributed by atoms with Crippen LogP contribution in [0, 0.1) is 0 Å². The van der Waals surface area contributed by atoms with Crippen LogP contribution in [0.1, 0.15) is 37.5 Å². The molecule has 0 saturated heterocycles. The molecule has 0 fully saturated rings. The molecule has 3 amide bonds. The highest BCUT2D eigenvalue weighted by Gasteiger charge is 2.33. The van der Waals surface area contributed by atoms with E-state index in [1.807, 2.05) is 0 Å². The fourth-order valence-corrected chi connectivity index (χ4v) is 2.54. The Morgan fingerprint density at radius 1 is 1.20 bits per heavy atom. The molecule has 1 aromatic carbocycles. The van der Waals surface area contributed by atoms with E-state index in [2.05, 4.69) is 5.32 Å². The van der Waals surface area contributed by atoms with Crippen LogP contribution in [0.25, 0.3) is 0 Å². The highest BCUT2D eigenvalue weighted by molar-refractivity contribution is 6.21. The number of benzene rings is 1. The maximum absolute atomic E-state index is 12.2. The molecule has 1 aliphatic rings. The van der Waals surface area contributed by atoms with Crippen molar-refractivity contribution < 1.29 is 27.6 Å². The second kappa shape index (κ2) is 7.22. The van der Waals surface area contributed by atoms with Crippen molar-refractivity contribution in [3.8, 4) is 0 Å². The summed E-state index contributed by atoms with van der Waals surface area (Å²) in [4.78, 5) is 37.9. The number of amides is 3. The van der Waals surface area contributed by atoms with Crippen molar-refractivity contribution >= 4 is 17.7 Å². The van der Waals surface area contributed by atoms with E-state index >= 15 is 0 Å². The lowest BCUT2D eigenvalue weighted by molar-refractivity contribution is -0.143. The summed E-state index contributed by atoms with van der Waals surface area (Å²) in [5.74, 6) is -1.33. The van der Waals surface area contributed by atoms with Crippen LogP contribution in [0.3, 0.4) is 0 Å². The van der Waals surface area contributed by atoms with Gasteiger partial charge in [0.05, 0.1) is 17.7 Å². The van der Waals surface area contributed by atoms with Gasteiger partial charge >= 0.3 is 6.18 Å². The van der Waals surface area contributed by atoms with E-state index in [0.717, 1.165) is 9.80 Å². The fourth-order valence-electron chi connectivity index (χ4n) is 2.54. The van der Waals surface area contributed by atoms with Gasteiger partial charge in [0.2, 0.25) is 0 Å². The van der Waals surface area contributed by atoms with Gasteiger partial charge in [-0.05, 0) is 38.2 Å². The van der Waals surface area contributed by atoms with E-state index < -0.39 is 30.4 Å². The first kappa shape index (κ1) is 18.9. The van der Waals surface area contributed by atoms with Crippen LogP contribution in [-0.4, -0.2) is 67.4 Å². The molecule has 0 radical (unpaired) electrons. The molecule has 0 atom stereocenters. The first-order valence-corrected chi connectivity index (χ1v) is 7.60. The standard InChI is InChI=1S/C16H18F3N3O3/c1-21(9-16(17,18)19)7-3-6-20-13(23)10-4-5-11-12(8-10)15(25)22(2)14(11)24/h4-5,8H,3,6-7,9H2,1-2H3,(H,20,23). The summed E-state index contributed by atoms with van der Waals surface area (Å²) >= 11 is 0. The number of carbonyl (C=O) groups is 3. The Labute approximate surface area is 142 Å². The van der Waals surface area contributed by atoms with Crippen molar-refractivity contribution in [1.29, 1.82) is 0 Å². The minimum absolute atomic E-state index is 0.171. The zero-order valence-electron chi connectivity index (χ0n) is 13.8. The molecule has 0 unspecified atom stereocenters. The number of imide groups is 1. The lowest BCUT2D eigenvalue weighted by Crippen LogP contribution is -2.33. The Kier molecular flexibility index (Phi) is 5.46. The summed E-state index contributed by atoms with van der Waals surface area (Å²) in [6, 6.07) is 4.21. The molecule has 25 heavy (non-hydrogen) atoms. The number of rotatable bonds is 6. The van der Waals surface area contributed by atoms with Crippen molar-refractivity contribution in [2.75, 3.05) is 33.7 Å². The van der Waals surface area contributed by atoms with Crippen molar-refractivity contribution in [2.45, 2.75) is 12.6 Å². The Hall–Kier alpha value is -2.42. The average Bonchev–Trinajstić information content (AvgIpc) is 2.74. The molecule has 1 heterocycles. The summed E-state index contributed by atoms with van der Waals surface area (Å²) in [5.41, 5.74) is 0.640. The minimum atomic E-state index is -4.25. The third-order valence-corrected chi connectivity index (χ3v) is 3.80. The zero-order valence-corrected chi connectivity index (χ0v) is 13.8. The van der Waals surface area contributed by atoms with Gasteiger partial charge in [-0.2, -0.15) is 13.2 Å². The number of alkyl halides is 3. The second-order valence-corrected chi connectivity index (χ2v) is 5.89. The maximum Gasteiger partial charge on any atom is 0.401 e. The highest BCUT2D eigenvalue weighted by Crippen LogP contribution is 2.22. The van der Waals surface area contributed by atoms with E-state index in [1.54, 1.807) is 0 Å². The Morgan fingerprint density at radius 2 is 1.84 bits per heavy atom. The summed E-state index contributed by atoms with van der Waals surface area (Å²) in [6.45, 7) is -0.623. The topological polar surface area (TPSA) is 69.7 Å². The summed E-state index contributed by atoms with van der Waals surface area (Å²) in [6.07, 6.45) is -3.90. The second-order valence-electron chi connectivity index (χ2n) is 5.89. The largest absolute Gasteiger partial charge is 0.401 e. The van der Waals surface area contributed by atoms with Crippen molar-refractivity contribution in [1.82, 2.24) is 15.1 Å². The lowest BCUT2D eigenvalue weighted by atomic mass is 10.1. The molecule has 6 nitrogen and oxygen atoms in total. The highest BCUT2D eigenvalue weighted by atomic mass is 19.4. The Bertz CT molecular complexity index is 704. The predicted molar refractivity (Wildman–Crippen MR) is 83.4 cm³/mol. The normalized spacial score (nSPS) is 14.2. The summed E-state index contributed by atoms with van der Waals surface area (Å²) < 4.78 is 36.6. The molecule has 0 bridgehead atoms. The van der Waals surface area contributed by atoms with Gasteiger partial charge in [-0.1, -0.05) is 0 Å². The third kappa shape index (κ3) is 4.56. The Morgan fingerprint density at radius 3 is 2.48 bits per heavy atom. The molecule has 0 spiro atoms. The Balaban J connectivity index is 1.87. The number of fused-ring (bicyclic) bond motifs is 1. The molecule has 2 rings (SSSR count). The molecule has 136 valence electrons. The van der Waals surface area contributed by atoms with Gasteiger partial charge in [0.1, 0.15) is 0 Å². The number of nitrogens with one attached hydrogen (secondary N) is 1. The molecule has 0 aromatic heterocycles. The number of nitrogens with zero attached hydrogens (tertiary/aromatic N) is 2. The van der Waals surface area contributed by atoms with Gasteiger partial charge < -0.3 is 5.32 Å². The molecule has 0 saturated carbocycles. The van der Waals surface area contributed by atoms with Crippen LogP contribution in [0.4, 0.5) is 13.2 Å². The molecule has 0 aliphatic carbocycles. The molecule has 1 N–H and O–H groups in total. The maximum atomic E-state index is 12.2. The van der Waals surface area contributed by atoms with E-state index in [4.69, 9.17) is 0 Å². The molecular formula is C16H18F3N3O3. The van der Waals surface area contributed by atoms with Crippen LogP contribution in [-0.2, 0) is 0 Å². The van der Waals surface area contributed by atoms with Crippen LogP contribution in [0.15, 0.2) is 18.2 Å². The van der Waals surface area contributed by atoms with Crippen molar-refractivity contribution in [3.63, 3.8) is 0 Å². The number of carbonyl (C=O) groups excluding carboxylic acids is 3. The third-order valence-electron chi connectivity index (χ3n) is 3.80. The van der Waals surface area contributed by atoms with Crippen LogP contribution < -0.4 is 5.32 Å². The van der Waals surface area contributed by atoms with Gasteiger partial charge in [0, 0.05) is 19.2 Å². The smallest absolute Gasteiger partial charge is 0.352 e. The van der Waals surface area contributed by atoms with Gasteiger partial charge in [0.15, 0.2) is 0 Å². The monoisotopic (exact) mass is 357 g/mol. The molecule has 9 heteroatoms. The lowest BCUT2D eigenvalue weighted by Gasteiger charge is -2.18. The SMILES string of the molecule is CN(CCCNC(=O)c1ccc2c(c1)C(=O)N(C)C2=O)CC(F)(F)F. The fraction of sp³-hybridized carbons (Fsp3) is 0.438. The summed E-state index contributed by atoms with van der Waals surface area (Å²) in [7, 11) is 2.72. The van der Waals surface area contributed by atoms with E-state index in [0.29, 0.717) is 6.42 Å². The van der Waals surface area contributed by atoms with Crippen LogP contribution >= 0.6 is 0 Å². The zero-order chi connectivity index (χ0) is 18.8. The van der Waals surface area contributed by atoms with Crippen LogP contribution in [0.2, 0.25) is 0 Å². The molecular weight excluding hydrogens is 339 g/mol. The quantitative estimate of drug-likeness (QED) is 0.619. The van der Waals surface area contributed by atoms with Gasteiger partial charge in [-0.15, -0.1) is 0 Å². The first-order chi connectivity index (χ1) is 11.6. The minimum Gasteiger partial charge on any atom is -0.352 e. The van der Waals surface area contributed by atoms with Gasteiger partial charge in [0.25, 0.3) is 17.7 Å². The van der Waals surface area contributed by atoms with E-state index in [9.17, 15) is 27.6 Å². The van der Waals surface area contributed by atoms with E-state index in [-0.39, 0.29) is 29.8 Å². The van der Waals surface area contributed by atoms with Crippen molar-refractivity contribution in [3.05, 3.63) is 34.9 Å². The number of halogens is 3. The first-order valence-electron chi connectivity index (χ1n) is 7.60. The average molecular weight is 357 g/mol. The van der Waals surface area contributed by atoms with Gasteiger partial charge in [-0.25, -0.2) is 0 Å². The number of hydrogen-bond acceptors (Lipinski definition) is 4. The predicted octanol–water partition coefficient (Wildman–Crippen LogP) is 1.53. The van der Waals surface area contributed by atoms with Crippen molar-refractivity contribution in [2.24, 2.45) is 0 Å².